The molecule has 154 valence electrons. The fraction of sp³-hybridized carbons (Fsp3) is 0.476. The van der Waals surface area contributed by atoms with Crippen LogP contribution in [0.5, 0.6) is 0 Å². The highest BCUT2D eigenvalue weighted by Crippen LogP contribution is 2.25. The molecule has 0 bridgehead atoms. The molecule has 29 heavy (non-hydrogen) atoms. The second kappa shape index (κ2) is 8.63. The Morgan fingerprint density at radius 2 is 1.93 bits per heavy atom. The highest BCUT2D eigenvalue weighted by Gasteiger charge is 2.20. The minimum Gasteiger partial charge on any atom is -0.368 e. The molecule has 7 nitrogen and oxygen atoms in total. The van der Waals surface area contributed by atoms with E-state index in [-0.39, 0.29) is 17.8 Å². The van der Waals surface area contributed by atoms with Crippen LogP contribution >= 0.6 is 0 Å². The molecule has 0 spiro atoms. The summed E-state index contributed by atoms with van der Waals surface area (Å²) in [7, 11) is 0. The van der Waals surface area contributed by atoms with Crippen molar-refractivity contribution in [1.29, 1.82) is 0 Å². The number of benzene rings is 1. The van der Waals surface area contributed by atoms with Gasteiger partial charge in [-0.05, 0) is 31.0 Å². The highest BCUT2D eigenvalue weighted by atomic mass is 19.1. The van der Waals surface area contributed by atoms with E-state index in [1.54, 1.807) is 6.92 Å². The van der Waals surface area contributed by atoms with Crippen LogP contribution in [-0.2, 0) is 4.79 Å². The Kier molecular flexibility index (Phi) is 5.78. The molecule has 8 heteroatoms. The summed E-state index contributed by atoms with van der Waals surface area (Å²) in [5, 5.41) is 6.39. The van der Waals surface area contributed by atoms with Crippen molar-refractivity contribution in [2.24, 2.45) is 0 Å². The van der Waals surface area contributed by atoms with Crippen LogP contribution in [-0.4, -0.2) is 53.0 Å². The summed E-state index contributed by atoms with van der Waals surface area (Å²) in [5.74, 6) is 0.312. The summed E-state index contributed by atoms with van der Waals surface area (Å²) in [5.41, 5.74) is 1.92. The van der Waals surface area contributed by atoms with Gasteiger partial charge in [-0.15, -0.1) is 0 Å². The second-order valence-electron chi connectivity index (χ2n) is 7.68. The maximum Gasteiger partial charge on any atom is 0.229 e. The Balaban J connectivity index is 1.43. The van der Waals surface area contributed by atoms with E-state index in [4.69, 9.17) is 0 Å². The third kappa shape index (κ3) is 4.75. The summed E-state index contributed by atoms with van der Waals surface area (Å²) in [6, 6.07) is 8.26. The number of halogens is 1. The maximum absolute atomic E-state index is 14.1. The topological polar surface area (TPSA) is 73.4 Å². The molecule has 2 heterocycles. The first-order valence-electron chi connectivity index (χ1n) is 10.2. The van der Waals surface area contributed by atoms with E-state index in [0.29, 0.717) is 5.95 Å². The van der Waals surface area contributed by atoms with E-state index < -0.39 is 5.82 Å². The number of nitrogens with zero attached hydrogens (tertiary/aromatic N) is 4. The minimum atomic E-state index is -0.431. The third-order valence-corrected chi connectivity index (χ3v) is 5.63. The molecule has 2 aliphatic rings. The van der Waals surface area contributed by atoms with Crippen LogP contribution in [0.15, 0.2) is 30.5 Å². The summed E-state index contributed by atoms with van der Waals surface area (Å²) >= 11 is 0. The van der Waals surface area contributed by atoms with Gasteiger partial charge in [0.1, 0.15) is 0 Å². The van der Waals surface area contributed by atoms with Crippen molar-refractivity contribution in [3.05, 3.63) is 36.3 Å². The van der Waals surface area contributed by atoms with Crippen molar-refractivity contribution >= 4 is 29.0 Å². The van der Waals surface area contributed by atoms with Gasteiger partial charge in [-0.25, -0.2) is 9.37 Å². The van der Waals surface area contributed by atoms with Gasteiger partial charge < -0.3 is 20.4 Å². The molecule has 0 radical (unpaired) electrons. The van der Waals surface area contributed by atoms with E-state index in [1.807, 2.05) is 29.2 Å². The first kappa shape index (κ1) is 19.4. The number of carbonyl (C=O) groups excluding carboxylic acids is 1. The third-order valence-electron chi connectivity index (χ3n) is 5.63. The maximum atomic E-state index is 14.1. The van der Waals surface area contributed by atoms with Crippen molar-refractivity contribution in [2.45, 2.75) is 38.6 Å². The van der Waals surface area contributed by atoms with Gasteiger partial charge in [-0.1, -0.05) is 18.9 Å². The SMILES string of the molecule is CC(=O)N1CCN(c2cccc(Nc3ncc(F)c(NC4CCCC4)n3)c2)CC1. The van der Waals surface area contributed by atoms with E-state index in [9.17, 15) is 9.18 Å². The van der Waals surface area contributed by atoms with Crippen LogP contribution in [0.4, 0.5) is 27.5 Å². The molecule has 1 aliphatic heterocycles. The molecule has 1 amide bonds. The lowest BCUT2D eigenvalue weighted by Gasteiger charge is -2.35. The van der Waals surface area contributed by atoms with Crippen LogP contribution in [0.1, 0.15) is 32.6 Å². The van der Waals surface area contributed by atoms with Crippen LogP contribution in [0, 0.1) is 5.82 Å². The van der Waals surface area contributed by atoms with Crippen molar-refractivity contribution in [1.82, 2.24) is 14.9 Å². The smallest absolute Gasteiger partial charge is 0.229 e. The van der Waals surface area contributed by atoms with Crippen LogP contribution in [0.25, 0.3) is 0 Å². The standard InChI is InChI=1S/C21H27FN6O/c1-15(29)27-9-11-28(12-10-27)18-8-4-7-17(13-18)25-21-23-14-19(22)20(26-21)24-16-5-2-3-6-16/h4,7-8,13-14,16H,2-3,5-6,9-12H2,1H3,(H2,23,24,25,26). The first-order chi connectivity index (χ1) is 14.1. The van der Waals surface area contributed by atoms with Gasteiger partial charge >= 0.3 is 0 Å². The molecular formula is C21H27FN6O. The molecule has 1 aliphatic carbocycles. The number of rotatable bonds is 5. The molecule has 0 unspecified atom stereocenters. The van der Waals surface area contributed by atoms with E-state index in [2.05, 4.69) is 25.5 Å². The Labute approximate surface area is 170 Å². The van der Waals surface area contributed by atoms with Gasteiger partial charge in [0.05, 0.1) is 6.20 Å². The predicted molar refractivity (Wildman–Crippen MR) is 112 cm³/mol. The molecule has 2 fully saturated rings. The number of nitrogens with one attached hydrogen (secondary N) is 2. The van der Waals surface area contributed by atoms with Crippen LogP contribution in [0.3, 0.4) is 0 Å². The van der Waals surface area contributed by atoms with Crippen LogP contribution in [0.2, 0.25) is 0 Å². The molecule has 2 N–H and O–H groups in total. The molecule has 2 aromatic rings. The number of hydrogen-bond acceptors (Lipinski definition) is 6. The summed E-state index contributed by atoms with van der Waals surface area (Å²) in [4.78, 5) is 24.1. The molecular weight excluding hydrogens is 371 g/mol. The lowest BCUT2D eigenvalue weighted by atomic mass is 10.2. The van der Waals surface area contributed by atoms with Crippen molar-refractivity contribution in [3.8, 4) is 0 Å². The van der Waals surface area contributed by atoms with Gasteiger partial charge in [0.15, 0.2) is 11.6 Å². The van der Waals surface area contributed by atoms with Crippen LogP contribution < -0.4 is 15.5 Å². The molecule has 1 aromatic carbocycles. The second-order valence-corrected chi connectivity index (χ2v) is 7.68. The highest BCUT2D eigenvalue weighted by molar-refractivity contribution is 5.73. The number of anilines is 4. The summed E-state index contributed by atoms with van der Waals surface area (Å²) < 4.78 is 14.1. The average molecular weight is 398 g/mol. The van der Waals surface area contributed by atoms with Crippen molar-refractivity contribution < 1.29 is 9.18 Å². The molecule has 1 aromatic heterocycles. The molecule has 1 saturated carbocycles. The van der Waals surface area contributed by atoms with Gasteiger partial charge in [0, 0.05) is 50.5 Å². The monoisotopic (exact) mass is 398 g/mol. The quantitative estimate of drug-likeness (QED) is 0.804. The van der Waals surface area contributed by atoms with E-state index in [0.717, 1.165) is 50.4 Å². The Bertz CT molecular complexity index is 862. The molecule has 0 atom stereocenters. The first-order valence-corrected chi connectivity index (χ1v) is 10.2. The average Bonchev–Trinajstić information content (AvgIpc) is 3.24. The number of aromatic nitrogens is 2. The summed E-state index contributed by atoms with van der Waals surface area (Å²) in [6.07, 6.45) is 5.64. The fourth-order valence-corrected chi connectivity index (χ4v) is 3.98. The summed E-state index contributed by atoms with van der Waals surface area (Å²) in [6.45, 7) is 4.66. The van der Waals surface area contributed by atoms with Crippen molar-refractivity contribution in [2.75, 3.05) is 41.7 Å². The Morgan fingerprint density at radius 3 is 2.66 bits per heavy atom. The van der Waals surface area contributed by atoms with Crippen molar-refractivity contribution in [3.63, 3.8) is 0 Å². The minimum absolute atomic E-state index is 0.121. The number of amides is 1. The number of hydrogen-bond donors (Lipinski definition) is 2. The Hall–Kier alpha value is -2.90. The largest absolute Gasteiger partial charge is 0.368 e. The van der Waals surface area contributed by atoms with Gasteiger partial charge in [-0.3, -0.25) is 4.79 Å². The predicted octanol–water partition coefficient (Wildman–Crippen LogP) is 3.38. The normalized spacial score (nSPS) is 17.4. The van der Waals surface area contributed by atoms with Gasteiger partial charge in [0.2, 0.25) is 11.9 Å². The zero-order chi connectivity index (χ0) is 20.2. The lowest BCUT2D eigenvalue weighted by Crippen LogP contribution is -2.48. The molecule has 4 rings (SSSR count). The van der Waals surface area contributed by atoms with E-state index >= 15 is 0 Å². The zero-order valence-corrected chi connectivity index (χ0v) is 16.7. The molecule has 1 saturated heterocycles. The van der Waals surface area contributed by atoms with E-state index in [1.165, 1.54) is 19.0 Å². The Morgan fingerprint density at radius 1 is 1.17 bits per heavy atom. The number of piperazine rings is 1. The zero-order valence-electron chi connectivity index (χ0n) is 16.7. The van der Waals surface area contributed by atoms with Gasteiger partial charge in [-0.2, -0.15) is 4.98 Å². The number of carbonyl (C=O) groups is 1. The fourth-order valence-electron chi connectivity index (χ4n) is 3.98. The lowest BCUT2D eigenvalue weighted by molar-refractivity contribution is -0.129. The van der Waals surface area contributed by atoms with Gasteiger partial charge in [0.25, 0.3) is 0 Å².